The van der Waals surface area contributed by atoms with E-state index in [4.69, 9.17) is 4.74 Å². The number of benzene rings is 1. The van der Waals surface area contributed by atoms with Gasteiger partial charge in [0.05, 0.1) is 12.2 Å². The molecule has 0 spiro atoms. The highest BCUT2D eigenvalue weighted by molar-refractivity contribution is 9.10. The molecule has 0 radical (unpaired) electrons. The highest BCUT2D eigenvalue weighted by atomic mass is 79.9. The van der Waals surface area contributed by atoms with Crippen molar-refractivity contribution in [2.45, 2.75) is 38.5 Å². The summed E-state index contributed by atoms with van der Waals surface area (Å²) in [7, 11) is 0. The Bertz CT molecular complexity index is 843. The molecule has 2 aromatic rings. The normalized spacial score (nSPS) is 13.8. The van der Waals surface area contributed by atoms with Gasteiger partial charge in [0.1, 0.15) is 33.8 Å². The molecule has 1 heterocycles. The van der Waals surface area contributed by atoms with E-state index in [1.807, 2.05) is 0 Å². The number of ether oxygens (including phenoxy) is 1. The van der Waals surface area contributed by atoms with Gasteiger partial charge in [0.2, 0.25) is 0 Å². The minimum atomic E-state index is -1.79. The number of nitrogens with one attached hydrogen (secondary N) is 1. The molecule has 0 fully saturated rings. The zero-order valence-corrected chi connectivity index (χ0v) is 16.4. The molecule has 1 aromatic carbocycles. The van der Waals surface area contributed by atoms with Gasteiger partial charge in [-0.1, -0.05) is 0 Å². The number of alkyl carbamates (subject to hydrolysis) is 1. The number of pyridine rings is 1. The number of hydrogen-bond donors (Lipinski definition) is 2. The topological polar surface area (TPSA) is 71.5 Å². The zero-order valence-electron chi connectivity index (χ0n) is 14.8. The third kappa shape index (κ3) is 5.67. The number of amides is 1. The molecule has 9 heteroatoms. The Hall–Kier alpha value is -2.13. The fourth-order valence-electron chi connectivity index (χ4n) is 2.35. The lowest BCUT2D eigenvalue weighted by Gasteiger charge is -2.27. The Labute approximate surface area is 162 Å². The van der Waals surface area contributed by atoms with E-state index in [0.29, 0.717) is 0 Å². The smallest absolute Gasteiger partial charge is 0.408 e. The van der Waals surface area contributed by atoms with Crippen molar-refractivity contribution in [3.05, 3.63) is 63.6 Å². The molecule has 2 N–H and O–H groups in total. The first kappa shape index (κ1) is 21.2. The predicted molar refractivity (Wildman–Crippen MR) is 95.3 cm³/mol. The summed E-state index contributed by atoms with van der Waals surface area (Å²) in [5.74, 6) is -2.55. The number of carbonyl (C=O) groups is 1. The van der Waals surface area contributed by atoms with Crippen LogP contribution in [0.3, 0.4) is 0 Å². The monoisotopic (exact) mass is 446 g/mol. The minimum Gasteiger partial charge on any atom is -0.444 e. The summed E-state index contributed by atoms with van der Waals surface area (Å²) in [6.07, 6.45) is -1.88. The van der Waals surface area contributed by atoms with Crippen LogP contribution in [0.1, 0.15) is 44.0 Å². The molecule has 2 atom stereocenters. The van der Waals surface area contributed by atoms with Gasteiger partial charge in [-0.15, -0.1) is 0 Å². The van der Waals surface area contributed by atoms with Gasteiger partial charge in [0, 0.05) is 11.1 Å². The summed E-state index contributed by atoms with van der Waals surface area (Å²) in [5.41, 5.74) is -1.48. The molecule has 1 aromatic heterocycles. The second-order valence-electron chi connectivity index (χ2n) is 6.76. The average molecular weight is 447 g/mol. The predicted octanol–water partition coefficient (Wildman–Crippen LogP) is 4.56. The number of aromatic nitrogens is 1. The van der Waals surface area contributed by atoms with Crippen LogP contribution in [0, 0.1) is 17.5 Å². The molecule has 5 nitrogen and oxygen atoms in total. The number of hydrogen-bond acceptors (Lipinski definition) is 4. The van der Waals surface area contributed by atoms with Gasteiger partial charge >= 0.3 is 6.09 Å². The lowest BCUT2D eigenvalue weighted by molar-refractivity contribution is 0.0412. The number of nitrogens with zero attached hydrogens (tertiary/aromatic N) is 1. The van der Waals surface area contributed by atoms with E-state index in [9.17, 15) is 23.1 Å². The fraction of sp³-hybridized carbons (Fsp3) is 0.333. The second-order valence-corrected chi connectivity index (χ2v) is 7.58. The van der Waals surface area contributed by atoms with Gasteiger partial charge in [0.25, 0.3) is 0 Å². The fourth-order valence-corrected chi connectivity index (χ4v) is 2.70. The maximum Gasteiger partial charge on any atom is 0.408 e. The van der Waals surface area contributed by atoms with Crippen LogP contribution in [0.25, 0.3) is 0 Å². The van der Waals surface area contributed by atoms with E-state index in [2.05, 4.69) is 26.2 Å². The number of rotatable bonds is 4. The molecule has 0 saturated heterocycles. The van der Waals surface area contributed by atoms with Crippen molar-refractivity contribution in [2.75, 3.05) is 0 Å². The molecule has 0 saturated carbocycles. The summed E-state index contributed by atoms with van der Waals surface area (Å²) in [5, 5.41) is 12.9. The van der Waals surface area contributed by atoms with Gasteiger partial charge in [-0.3, -0.25) is 0 Å². The molecule has 146 valence electrons. The van der Waals surface area contributed by atoms with Crippen LogP contribution in [0.2, 0.25) is 0 Å². The van der Waals surface area contributed by atoms with Crippen molar-refractivity contribution in [2.24, 2.45) is 0 Å². The van der Waals surface area contributed by atoms with Gasteiger partial charge in [0.15, 0.2) is 0 Å². The van der Waals surface area contributed by atoms with Crippen LogP contribution in [0.5, 0.6) is 0 Å². The SMILES string of the molecule is CC(C)(C)OC(=O)NC(c1cc(Br)ncc1F)C(O)c1cc(F)ccc1F. The maximum absolute atomic E-state index is 14.3. The number of aliphatic hydroxyl groups excluding tert-OH is 1. The second kappa shape index (κ2) is 8.26. The first-order valence-corrected chi connectivity index (χ1v) is 8.70. The summed E-state index contributed by atoms with van der Waals surface area (Å²) >= 11 is 3.07. The molecule has 27 heavy (non-hydrogen) atoms. The standard InChI is InChI=1S/C18H18BrF3N2O3/c1-18(2,3)27-17(26)24-15(10-7-14(19)23-8-13(10)22)16(25)11-6-9(20)4-5-12(11)21/h4-8,15-16,25H,1-3H3,(H,24,26). The molecule has 0 aliphatic carbocycles. The van der Waals surface area contributed by atoms with Crippen molar-refractivity contribution in [3.63, 3.8) is 0 Å². The van der Waals surface area contributed by atoms with E-state index < -0.39 is 46.9 Å². The molecule has 2 rings (SSSR count). The molecular formula is C18H18BrF3N2O3. The Kier molecular flexibility index (Phi) is 6.48. The Morgan fingerprint density at radius 1 is 1.19 bits per heavy atom. The van der Waals surface area contributed by atoms with Crippen molar-refractivity contribution < 1.29 is 27.8 Å². The van der Waals surface area contributed by atoms with E-state index >= 15 is 0 Å². The quantitative estimate of drug-likeness (QED) is 0.675. The van der Waals surface area contributed by atoms with Crippen molar-refractivity contribution >= 4 is 22.0 Å². The van der Waals surface area contributed by atoms with Gasteiger partial charge in [-0.2, -0.15) is 0 Å². The third-order valence-electron chi connectivity index (χ3n) is 3.45. The van der Waals surface area contributed by atoms with Crippen LogP contribution in [0.4, 0.5) is 18.0 Å². The van der Waals surface area contributed by atoms with E-state index in [-0.39, 0.29) is 10.2 Å². The summed E-state index contributed by atoms with van der Waals surface area (Å²) in [6.45, 7) is 4.86. The Morgan fingerprint density at radius 3 is 2.48 bits per heavy atom. The molecule has 0 aliphatic rings. The van der Waals surface area contributed by atoms with Crippen molar-refractivity contribution in [1.82, 2.24) is 10.3 Å². The maximum atomic E-state index is 14.3. The highest BCUT2D eigenvalue weighted by Crippen LogP contribution is 2.33. The van der Waals surface area contributed by atoms with E-state index in [0.717, 1.165) is 24.4 Å². The molecular weight excluding hydrogens is 429 g/mol. The van der Waals surface area contributed by atoms with Gasteiger partial charge in [-0.25, -0.2) is 22.9 Å². The van der Waals surface area contributed by atoms with E-state index in [1.165, 1.54) is 6.07 Å². The van der Waals surface area contributed by atoms with Crippen LogP contribution in [0.15, 0.2) is 35.1 Å². The first-order valence-electron chi connectivity index (χ1n) is 7.91. The first-order chi connectivity index (χ1) is 12.5. The number of carbonyl (C=O) groups excluding carboxylic acids is 1. The van der Waals surface area contributed by atoms with Crippen LogP contribution in [-0.2, 0) is 4.74 Å². The Balaban J connectivity index is 2.47. The largest absolute Gasteiger partial charge is 0.444 e. The molecule has 1 amide bonds. The van der Waals surface area contributed by atoms with Gasteiger partial charge < -0.3 is 15.2 Å². The third-order valence-corrected chi connectivity index (χ3v) is 3.89. The molecule has 0 bridgehead atoms. The summed E-state index contributed by atoms with van der Waals surface area (Å²) in [6, 6.07) is 2.24. The average Bonchev–Trinajstić information content (AvgIpc) is 2.55. The zero-order chi connectivity index (χ0) is 20.4. The van der Waals surface area contributed by atoms with Crippen LogP contribution < -0.4 is 5.32 Å². The highest BCUT2D eigenvalue weighted by Gasteiger charge is 2.31. The Morgan fingerprint density at radius 2 is 1.85 bits per heavy atom. The lowest BCUT2D eigenvalue weighted by Crippen LogP contribution is -2.38. The minimum absolute atomic E-state index is 0.182. The van der Waals surface area contributed by atoms with Crippen LogP contribution in [-0.4, -0.2) is 21.8 Å². The summed E-state index contributed by atoms with van der Waals surface area (Å²) < 4.78 is 47.3. The lowest BCUT2D eigenvalue weighted by atomic mass is 9.95. The van der Waals surface area contributed by atoms with E-state index in [1.54, 1.807) is 20.8 Å². The molecule has 0 aliphatic heterocycles. The molecule has 2 unspecified atom stereocenters. The van der Waals surface area contributed by atoms with Crippen LogP contribution >= 0.6 is 15.9 Å². The van der Waals surface area contributed by atoms with Crippen molar-refractivity contribution in [3.8, 4) is 0 Å². The van der Waals surface area contributed by atoms with Crippen molar-refractivity contribution in [1.29, 1.82) is 0 Å². The summed E-state index contributed by atoms with van der Waals surface area (Å²) in [4.78, 5) is 15.9. The van der Waals surface area contributed by atoms with Gasteiger partial charge in [-0.05, 0) is 61.0 Å². The number of aliphatic hydroxyl groups is 1. The number of halogens is 4.